The van der Waals surface area contributed by atoms with Crippen LogP contribution < -0.4 is 5.32 Å². The lowest BCUT2D eigenvalue weighted by molar-refractivity contribution is 1.47. The zero-order valence-corrected chi connectivity index (χ0v) is 10.3. The van der Waals surface area contributed by atoms with E-state index in [1.54, 1.807) is 0 Å². The van der Waals surface area contributed by atoms with E-state index in [1.165, 1.54) is 0 Å². The molecule has 0 aliphatic heterocycles. The second-order valence-electron chi connectivity index (χ2n) is 4.31. The van der Waals surface area contributed by atoms with Gasteiger partial charge in [-0.1, -0.05) is 25.6 Å². The summed E-state index contributed by atoms with van der Waals surface area (Å²) in [5.41, 5.74) is 5.10. The maximum absolute atomic E-state index is 8.42. The molecule has 76 valence electrons. The summed E-state index contributed by atoms with van der Waals surface area (Å²) in [6.45, 7) is 6.64. The van der Waals surface area contributed by atoms with Gasteiger partial charge in [-0.2, -0.15) is 5.26 Å². The van der Waals surface area contributed by atoms with Gasteiger partial charge >= 0.3 is 0 Å². The minimum atomic E-state index is -1.30. The van der Waals surface area contributed by atoms with Gasteiger partial charge in [0.2, 0.25) is 0 Å². The van der Waals surface area contributed by atoms with Crippen molar-refractivity contribution in [2.45, 2.75) is 19.6 Å². The van der Waals surface area contributed by atoms with Crippen LogP contribution in [-0.2, 0) is 0 Å². The van der Waals surface area contributed by atoms with E-state index in [4.69, 9.17) is 5.26 Å². The summed E-state index contributed by atoms with van der Waals surface area (Å²) < 4.78 is 0. The summed E-state index contributed by atoms with van der Waals surface area (Å²) in [5, 5.41) is 11.0. The molecule has 15 heavy (non-hydrogen) atoms. The quantitative estimate of drug-likeness (QED) is 0.338. The molecule has 0 bridgehead atoms. The molecule has 0 unspecified atom stereocenters. The van der Waals surface area contributed by atoms with E-state index in [2.05, 4.69) is 36.4 Å². The molecule has 0 aliphatic carbocycles. The Morgan fingerprint density at radius 1 is 1.13 bits per heavy atom. The van der Waals surface area contributed by atoms with Crippen molar-refractivity contribution in [3.63, 3.8) is 0 Å². The summed E-state index contributed by atoms with van der Waals surface area (Å²) >= 11 is 0. The molecule has 1 aromatic rings. The first-order chi connectivity index (χ1) is 7.01. The molecule has 0 atom stereocenters. The van der Waals surface area contributed by atoms with Crippen molar-refractivity contribution in [3.05, 3.63) is 29.8 Å². The lowest BCUT2D eigenvalue weighted by atomic mass is 10.2. The molecular weight excluding hydrogens is 200 g/mol. The average molecular weight is 214 g/mol. The Morgan fingerprint density at radius 3 is 2.20 bits per heavy atom. The van der Waals surface area contributed by atoms with E-state index in [0.717, 1.165) is 11.3 Å². The van der Waals surface area contributed by atoms with E-state index in [9.17, 15) is 0 Å². The molecule has 1 N–H and O–H groups in total. The van der Waals surface area contributed by atoms with Gasteiger partial charge in [-0.25, -0.2) is 0 Å². The van der Waals surface area contributed by atoms with Crippen LogP contribution in [0.1, 0.15) is 5.56 Å². The Bertz CT molecular complexity index is 424. The van der Waals surface area contributed by atoms with Gasteiger partial charge in [0.05, 0.1) is 0 Å². The smallest absolute Gasteiger partial charge is 0.181 e. The normalized spacial score (nSPS) is 9.73. The van der Waals surface area contributed by atoms with Crippen LogP contribution in [-0.4, -0.2) is 8.07 Å². The molecule has 1 rings (SSSR count). The number of nitriles is 1. The zero-order chi connectivity index (χ0) is 11.3. The van der Waals surface area contributed by atoms with E-state index < -0.39 is 8.07 Å². The molecule has 3 heteroatoms. The van der Waals surface area contributed by atoms with E-state index >= 15 is 0 Å². The lowest BCUT2D eigenvalue weighted by Gasteiger charge is -2.03. The number of nitrogens with zero attached hydrogens (tertiary/aromatic N) is 1. The van der Waals surface area contributed by atoms with Gasteiger partial charge in [-0.3, -0.25) is 5.32 Å². The Labute approximate surface area is 91.9 Å². The second-order valence-corrected chi connectivity index (χ2v) is 9.06. The first kappa shape index (κ1) is 11.4. The Hall–Kier alpha value is -1.71. The van der Waals surface area contributed by atoms with Crippen molar-refractivity contribution >= 4 is 13.8 Å². The molecule has 0 spiro atoms. The van der Waals surface area contributed by atoms with Crippen molar-refractivity contribution in [3.8, 4) is 17.7 Å². The van der Waals surface area contributed by atoms with Crippen molar-refractivity contribution < 1.29 is 0 Å². The maximum Gasteiger partial charge on any atom is 0.181 e. The van der Waals surface area contributed by atoms with Crippen LogP contribution in [0.25, 0.3) is 0 Å². The number of anilines is 1. The summed E-state index contributed by atoms with van der Waals surface area (Å²) in [4.78, 5) is 0. The molecule has 0 aliphatic rings. The summed E-state index contributed by atoms with van der Waals surface area (Å²) in [6.07, 6.45) is 1.88. The maximum atomic E-state index is 8.42. The Kier molecular flexibility index (Phi) is 3.55. The van der Waals surface area contributed by atoms with Crippen molar-refractivity contribution in [2.75, 3.05) is 5.32 Å². The van der Waals surface area contributed by atoms with E-state index in [-0.39, 0.29) is 0 Å². The molecule has 0 fully saturated rings. The van der Waals surface area contributed by atoms with Crippen LogP contribution in [0, 0.1) is 22.9 Å². The highest BCUT2D eigenvalue weighted by molar-refractivity contribution is 6.83. The van der Waals surface area contributed by atoms with Crippen LogP contribution in [0.5, 0.6) is 0 Å². The number of rotatable bonds is 1. The van der Waals surface area contributed by atoms with Crippen molar-refractivity contribution in [1.29, 1.82) is 5.26 Å². The van der Waals surface area contributed by atoms with Crippen molar-refractivity contribution in [2.24, 2.45) is 0 Å². The van der Waals surface area contributed by atoms with Crippen LogP contribution >= 0.6 is 0 Å². The number of hydrogen-bond acceptors (Lipinski definition) is 2. The third-order valence-electron chi connectivity index (χ3n) is 1.67. The minimum absolute atomic E-state index is 0.802. The van der Waals surface area contributed by atoms with E-state index in [1.807, 2.05) is 30.5 Å². The van der Waals surface area contributed by atoms with Gasteiger partial charge in [0.1, 0.15) is 8.07 Å². The molecule has 1 aromatic carbocycles. The third-order valence-corrected chi connectivity index (χ3v) is 2.54. The molecule has 0 aromatic heterocycles. The lowest BCUT2D eigenvalue weighted by Crippen LogP contribution is -2.16. The van der Waals surface area contributed by atoms with E-state index in [0.29, 0.717) is 0 Å². The van der Waals surface area contributed by atoms with Gasteiger partial charge in [0.25, 0.3) is 0 Å². The fourth-order valence-electron chi connectivity index (χ4n) is 0.961. The summed E-state index contributed by atoms with van der Waals surface area (Å²) in [6, 6.07) is 7.56. The third kappa shape index (κ3) is 4.35. The highest BCUT2D eigenvalue weighted by atomic mass is 28.3. The molecule has 0 heterocycles. The number of benzene rings is 1. The minimum Gasteiger partial charge on any atom is -0.293 e. The second kappa shape index (κ2) is 4.68. The first-order valence-electron chi connectivity index (χ1n) is 4.79. The molecule has 0 radical (unpaired) electrons. The van der Waals surface area contributed by atoms with Gasteiger partial charge in [-0.05, 0) is 24.3 Å². The average Bonchev–Trinajstić information content (AvgIpc) is 2.16. The summed E-state index contributed by atoms with van der Waals surface area (Å²) in [5.74, 6) is 3.15. The predicted molar refractivity (Wildman–Crippen MR) is 65.9 cm³/mol. The summed E-state index contributed by atoms with van der Waals surface area (Å²) in [7, 11) is -1.30. The van der Waals surface area contributed by atoms with Crippen LogP contribution in [0.15, 0.2) is 24.3 Å². The highest BCUT2D eigenvalue weighted by Gasteiger charge is 2.07. The molecule has 0 saturated carbocycles. The van der Waals surface area contributed by atoms with Gasteiger partial charge in [0, 0.05) is 11.3 Å². The fraction of sp³-hybridized carbons (Fsp3) is 0.250. The Balaban J connectivity index is 2.81. The standard InChI is InChI=1S/C12H14N2Si/c1-15(2,3)9-8-11-4-6-12(7-5-11)14-10-13/h4-7,14H,1-3H3. The van der Waals surface area contributed by atoms with Crippen molar-refractivity contribution in [1.82, 2.24) is 0 Å². The van der Waals surface area contributed by atoms with Gasteiger partial charge in [0.15, 0.2) is 6.19 Å². The van der Waals surface area contributed by atoms with Crippen LogP contribution in [0.4, 0.5) is 5.69 Å². The molecular formula is C12H14N2Si. The zero-order valence-electron chi connectivity index (χ0n) is 9.26. The first-order valence-corrected chi connectivity index (χ1v) is 8.29. The van der Waals surface area contributed by atoms with Crippen LogP contribution in [0.2, 0.25) is 19.6 Å². The van der Waals surface area contributed by atoms with Gasteiger partial charge < -0.3 is 0 Å². The fourth-order valence-corrected chi connectivity index (χ4v) is 1.48. The molecule has 0 saturated heterocycles. The highest BCUT2D eigenvalue weighted by Crippen LogP contribution is 2.08. The molecule has 0 amide bonds. The topological polar surface area (TPSA) is 35.8 Å². The monoisotopic (exact) mass is 214 g/mol. The van der Waals surface area contributed by atoms with Gasteiger partial charge in [-0.15, -0.1) is 5.54 Å². The molecule has 2 nitrogen and oxygen atoms in total. The predicted octanol–water partition coefficient (Wildman–Crippen LogP) is 2.81. The number of hydrogen-bond donors (Lipinski definition) is 1. The SMILES string of the molecule is C[Si](C)(C)C#Cc1ccc(NC#N)cc1. The largest absolute Gasteiger partial charge is 0.293 e. The number of nitrogens with one attached hydrogen (secondary N) is 1. The van der Waals surface area contributed by atoms with Crippen LogP contribution in [0.3, 0.4) is 0 Å². The Morgan fingerprint density at radius 2 is 1.73 bits per heavy atom.